The molecular weight excluding hydrogens is 198 g/mol. The Kier molecular flexibility index (Phi) is 3.52. The van der Waals surface area contributed by atoms with E-state index in [1.807, 2.05) is 32.2 Å². The molecule has 0 aliphatic rings. The highest BCUT2D eigenvalue weighted by molar-refractivity contribution is 7.10. The van der Waals surface area contributed by atoms with Crippen LogP contribution in [0.2, 0.25) is 0 Å². The van der Waals surface area contributed by atoms with E-state index in [0.29, 0.717) is 0 Å². The second kappa shape index (κ2) is 4.46. The average molecular weight is 213 g/mol. The monoisotopic (exact) mass is 213 g/mol. The second-order valence-corrected chi connectivity index (χ2v) is 4.71. The predicted octanol–water partition coefficient (Wildman–Crippen LogP) is 2.58. The molecule has 1 aromatic rings. The first-order valence-electron chi connectivity index (χ1n) is 4.55. The lowest BCUT2D eigenvalue weighted by molar-refractivity contribution is -0.138. The first kappa shape index (κ1) is 11.0. The molecule has 14 heavy (non-hydrogen) atoms. The summed E-state index contributed by atoms with van der Waals surface area (Å²) in [5.41, 5.74) is 0.927. The third kappa shape index (κ3) is 2.48. The quantitative estimate of drug-likeness (QED) is 0.808. The summed E-state index contributed by atoms with van der Waals surface area (Å²) in [6.07, 6.45) is 0. The summed E-state index contributed by atoms with van der Waals surface area (Å²) >= 11 is 1.61. The second-order valence-electron chi connectivity index (χ2n) is 3.59. The van der Waals surface area contributed by atoms with E-state index in [4.69, 9.17) is 5.11 Å². The number of thiophene rings is 1. The van der Waals surface area contributed by atoms with E-state index < -0.39 is 12.0 Å². The fraction of sp³-hybridized carbons (Fsp3) is 0.500. The lowest BCUT2D eigenvalue weighted by Crippen LogP contribution is -2.34. The standard InChI is InChI=1S/C10H15NO2S/c1-6(2)9(10(12)13)11-8-4-5-14-7(8)3/h4-6,9,11H,1-3H3,(H,12,13)/t9-/m0/s1. The SMILES string of the molecule is Cc1sccc1N[C@H](C(=O)O)C(C)C. The average Bonchev–Trinajstić information content (AvgIpc) is 2.46. The fourth-order valence-electron chi connectivity index (χ4n) is 1.22. The van der Waals surface area contributed by atoms with E-state index in [2.05, 4.69) is 5.32 Å². The highest BCUT2D eigenvalue weighted by atomic mass is 32.1. The molecule has 1 heterocycles. The van der Waals surface area contributed by atoms with E-state index in [0.717, 1.165) is 10.6 Å². The van der Waals surface area contributed by atoms with Crippen LogP contribution in [0.25, 0.3) is 0 Å². The van der Waals surface area contributed by atoms with Crippen molar-refractivity contribution in [3.63, 3.8) is 0 Å². The summed E-state index contributed by atoms with van der Waals surface area (Å²) in [4.78, 5) is 12.0. The lowest BCUT2D eigenvalue weighted by Gasteiger charge is -2.18. The molecule has 0 fully saturated rings. The number of carbonyl (C=O) groups is 1. The molecule has 0 amide bonds. The molecule has 1 rings (SSSR count). The molecule has 3 nitrogen and oxygen atoms in total. The van der Waals surface area contributed by atoms with Gasteiger partial charge in [0.05, 0.1) is 0 Å². The molecule has 4 heteroatoms. The molecular formula is C10H15NO2S. The Morgan fingerprint density at radius 1 is 1.57 bits per heavy atom. The van der Waals surface area contributed by atoms with Crippen molar-refractivity contribution >= 4 is 23.0 Å². The van der Waals surface area contributed by atoms with Crippen molar-refractivity contribution in [2.45, 2.75) is 26.8 Å². The van der Waals surface area contributed by atoms with Crippen LogP contribution < -0.4 is 5.32 Å². The van der Waals surface area contributed by atoms with Crippen molar-refractivity contribution in [3.05, 3.63) is 16.3 Å². The van der Waals surface area contributed by atoms with Crippen molar-refractivity contribution in [1.29, 1.82) is 0 Å². The van der Waals surface area contributed by atoms with Gasteiger partial charge in [0.1, 0.15) is 6.04 Å². The molecule has 2 N–H and O–H groups in total. The molecule has 0 saturated carbocycles. The van der Waals surface area contributed by atoms with Crippen LogP contribution in [-0.4, -0.2) is 17.1 Å². The smallest absolute Gasteiger partial charge is 0.326 e. The van der Waals surface area contributed by atoms with Gasteiger partial charge in [-0.05, 0) is 24.3 Å². The van der Waals surface area contributed by atoms with Crippen LogP contribution >= 0.6 is 11.3 Å². The van der Waals surface area contributed by atoms with Crippen LogP contribution in [0, 0.1) is 12.8 Å². The van der Waals surface area contributed by atoms with Crippen LogP contribution in [0.5, 0.6) is 0 Å². The third-order valence-corrected chi connectivity index (χ3v) is 2.95. The van der Waals surface area contributed by atoms with Crippen LogP contribution in [0.3, 0.4) is 0 Å². The number of hydrogen-bond donors (Lipinski definition) is 2. The minimum absolute atomic E-state index is 0.0757. The van der Waals surface area contributed by atoms with Gasteiger partial charge in [0.2, 0.25) is 0 Å². The zero-order valence-corrected chi connectivity index (χ0v) is 9.39. The zero-order valence-electron chi connectivity index (χ0n) is 8.57. The van der Waals surface area contributed by atoms with Gasteiger partial charge in [-0.3, -0.25) is 0 Å². The number of nitrogens with one attached hydrogen (secondary N) is 1. The minimum Gasteiger partial charge on any atom is -0.480 e. The molecule has 1 aromatic heterocycles. The van der Waals surface area contributed by atoms with E-state index in [9.17, 15) is 4.79 Å². The van der Waals surface area contributed by atoms with E-state index in [1.165, 1.54) is 0 Å². The Morgan fingerprint density at radius 2 is 2.21 bits per heavy atom. The molecule has 0 aliphatic carbocycles. The molecule has 0 radical (unpaired) electrons. The first-order valence-corrected chi connectivity index (χ1v) is 5.43. The van der Waals surface area contributed by atoms with Crippen LogP contribution in [0.4, 0.5) is 5.69 Å². The summed E-state index contributed by atoms with van der Waals surface area (Å²) in [6.45, 7) is 5.77. The van der Waals surface area contributed by atoms with Crippen LogP contribution in [-0.2, 0) is 4.79 Å². The number of anilines is 1. The number of aryl methyl sites for hydroxylation is 1. The summed E-state index contributed by atoms with van der Waals surface area (Å²) in [7, 11) is 0. The fourth-order valence-corrected chi connectivity index (χ4v) is 1.88. The Morgan fingerprint density at radius 3 is 2.57 bits per heavy atom. The maximum Gasteiger partial charge on any atom is 0.326 e. The summed E-state index contributed by atoms with van der Waals surface area (Å²) in [6, 6.07) is 1.40. The number of carboxylic acids is 1. The summed E-state index contributed by atoms with van der Waals surface area (Å²) in [5.74, 6) is -0.725. The van der Waals surface area contributed by atoms with Gasteiger partial charge in [0.15, 0.2) is 0 Å². The van der Waals surface area contributed by atoms with E-state index in [-0.39, 0.29) is 5.92 Å². The maximum atomic E-state index is 10.9. The van der Waals surface area contributed by atoms with E-state index >= 15 is 0 Å². The summed E-state index contributed by atoms with van der Waals surface area (Å²) < 4.78 is 0. The number of aliphatic carboxylic acids is 1. The van der Waals surface area contributed by atoms with E-state index in [1.54, 1.807) is 11.3 Å². The number of rotatable bonds is 4. The zero-order chi connectivity index (χ0) is 10.7. The molecule has 0 bridgehead atoms. The van der Waals surface area contributed by atoms with Crippen molar-refractivity contribution < 1.29 is 9.90 Å². The van der Waals surface area contributed by atoms with Gasteiger partial charge in [-0.2, -0.15) is 0 Å². The van der Waals surface area contributed by atoms with Crippen LogP contribution in [0.15, 0.2) is 11.4 Å². The minimum atomic E-state index is -0.800. The van der Waals surface area contributed by atoms with Crippen molar-refractivity contribution in [2.24, 2.45) is 5.92 Å². The highest BCUT2D eigenvalue weighted by Gasteiger charge is 2.21. The van der Waals surface area contributed by atoms with Gasteiger partial charge >= 0.3 is 5.97 Å². The van der Waals surface area contributed by atoms with Gasteiger partial charge < -0.3 is 10.4 Å². The molecule has 0 aliphatic heterocycles. The lowest BCUT2D eigenvalue weighted by atomic mass is 10.0. The number of carboxylic acid groups (broad SMARTS) is 1. The Hall–Kier alpha value is -1.03. The molecule has 0 aromatic carbocycles. The first-order chi connectivity index (χ1) is 6.52. The molecule has 78 valence electrons. The normalized spacial score (nSPS) is 12.9. The predicted molar refractivity (Wildman–Crippen MR) is 58.9 cm³/mol. The Labute approximate surface area is 87.8 Å². The Bertz CT molecular complexity index is 320. The summed E-state index contributed by atoms with van der Waals surface area (Å²) in [5, 5.41) is 14.0. The van der Waals surface area contributed by atoms with Gasteiger partial charge in [-0.25, -0.2) is 4.79 Å². The van der Waals surface area contributed by atoms with Gasteiger partial charge in [-0.1, -0.05) is 13.8 Å². The largest absolute Gasteiger partial charge is 0.480 e. The maximum absolute atomic E-state index is 10.9. The van der Waals surface area contributed by atoms with Gasteiger partial charge in [-0.15, -0.1) is 11.3 Å². The number of hydrogen-bond acceptors (Lipinski definition) is 3. The third-order valence-electron chi connectivity index (χ3n) is 2.10. The Balaban J connectivity index is 2.75. The van der Waals surface area contributed by atoms with Crippen molar-refractivity contribution in [2.75, 3.05) is 5.32 Å². The molecule has 1 atom stereocenters. The van der Waals surface area contributed by atoms with Crippen LogP contribution in [0.1, 0.15) is 18.7 Å². The molecule has 0 unspecified atom stereocenters. The molecule has 0 spiro atoms. The van der Waals surface area contributed by atoms with Crippen molar-refractivity contribution in [3.8, 4) is 0 Å². The highest BCUT2D eigenvalue weighted by Crippen LogP contribution is 2.22. The van der Waals surface area contributed by atoms with Gasteiger partial charge in [0, 0.05) is 10.6 Å². The van der Waals surface area contributed by atoms with Gasteiger partial charge in [0.25, 0.3) is 0 Å². The topological polar surface area (TPSA) is 49.3 Å². The van der Waals surface area contributed by atoms with Crippen molar-refractivity contribution in [1.82, 2.24) is 0 Å². The molecule has 0 saturated heterocycles.